The van der Waals surface area contributed by atoms with Crippen molar-refractivity contribution in [3.63, 3.8) is 0 Å². The van der Waals surface area contributed by atoms with Crippen molar-refractivity contribution in [2.45, 2.75) is 19.4 Å². The van der Waals surface area contributed by atoms with Crippen molar-refractivity contribution in [1.29, 1.82) is 0 Å². The summed E-state index contributed by atoms with van der Waals surface area (Å²) in [5.41, 5.74) is 0.867. The molecule has 0 aromatic heterocycles. The maximum atomic E-state index is 11.7. The number of benzene rings is 1. The van der Waals surface area contributed by atoms with Gasteiger partial charge in [0.1, 0.15) is 5.75 Å². The third-order valence-electron chi connectivity index (χ3n) is 3.10. The zero-order valence-corrected chi connectivity index (χ0v) is 12.6. The highest BCUT2D eigenvalue weighted by atomic mass is 35.5. The van der Waals surface area contributed by atoms with Gasteiger partial charge >= 0.3 is 0 Å². The zero-order chi connectivity index (χ0) is 14.8. The van der Waals surface area contributed by atoms with E-state index in [1.165, 1.54) is 0 Å². The first kappa shape index (κ1) is 15.1. The molecule has 1 atom stereocenters. The third kappa shape index (κ3) is 4.11. The molecule has 1 aliphatic rings. The van der Waals surface area contributed by atoms with Crippen molar-refractivity contribution in [2.24, 2.45) is 0 Å². The van der Waals surface area contributed by atoms with Crippen molar-refractivity contribution < 1.29 is 17.9 Å². The molecule has 0 radical (unpaired) electrons. The molecule has 1 unspecified atom stereocenters. The molecular weight excluding hydrogens is 302 g/mol. The maximum Gasteiger partial charge on any atom is 0.258 e. The molecule has 0 bridgehead atoms. The normalized spacial score (nSPS) is 20.6. The van der Waals surface area contributed by atoms with Gasteiger partial charge in [0, 0.05) is 11.1 Å². The van der Waals surface area contributed by atoms with Crippen molar-refractivity contribution >= 4 is 27.3 Å². The Bertz CT molecular complexity index is 615. The maximum absolute atomic E-state index is 11.7. The number of aryl methyl sites for hydroxylation is 1. The SMILES string of the molecule is Cc1cc(OCC(=O)NC2CCS(=O)(=O)C2)ccc1Cl. The van der Waals surface area contributed by atoms with Crippen LogP contribution in [-0.2, 0) is 14.6 Å². The summed E-state index contributed by atoms with van der Waals surface area (Å²) in [5, 5.41) is 3.30. The minimum Gasteiger partial charge on any atom is -0.484 e. The summed E-state index contributed by atoms with van der Waals surface area (Å²) in [6.45, 7) is 1.70. The highest BCUT2D eigenvalue weighted by molar-refractivity contribution is 7.91. The third-order valence-corrected chi connectivity index (χ3v) is 5.29. The highest BCUT2D eigenvalue weighted by Gasteiger charge is 2.28. The fourth-order valence-electron chi connectivity index (χ4n) is 2.03. The number of nitrogens with one attached hydrogen (secondary N) is 1. The molecule has 1 N–H and O–H groups in total. The van der Waals surface area contributed by atoms with Gasteiger partial charge in [-0.05, 0) is 37.1 Å². The lowest BCUT2D eigenvalue weighted by Gasteiger charge is -2.12. The van der Waals surface area contributed by atoms with Crippen LogP contribution in [0.1, 0.15) is 12.0 Å². The van der Waals surface area contributed by atoms with Gasteiger partial charge in [-0.1, -0.05) is 11.6 Å². The van der Waals surface area contributed by atoms with Gasteiger partial charge in [-0.15, -0.1) is 0 Å². The lowest BCUT2D eigenvalue weighted by molar-refractivity contribution is -0.123. The Morgan fingerprint density at radius 2 is 2.25 bits per heavy atom. The number of carbonyl (C=O) groups is 1. The molecule has 0 saturated carbocycles. The van der Waals surface area contributed by atoms with Crippen LogP contribution in [0.25, 0.3) is 0 Å². The lowest BCUT2D eigenvalue weighted by Crippen LogP contribution is -2.38. The van der Waals surface area contributed by atoms with E-state index in [4.69, 9.17) is 16.3 Å². The van der Waals surface area contributed by atoms with Crippen molar-refractivity contribution in [3.8, 4) is 5.75 Å². The molecule has 1 fully saturated rings. The summed E-state index contributed by atoms with van der Waals surface area (Å²) in [4.78, 5) is 11.7. The van der Waals surface area contributed by atoms with Gasteiger partial charge in [-0.25, -0.2) is 8.42 Å². The first-order valence-electron chi connectivity index (χ1n) is 6.24. The second-order valence-electron chi connectivity index (χ2n) is 4.87. The van der Waals surface area contributed by atoms with Crippen molar-refractivity contribution in [2.75, 3.05) is 18.1 Å². The molecule has 1 aromatic carbocycles. The van der Waals surface area contributed by atoms with E-state index in [1.807, 2.05) is 6.92 Å². The number of ether oxygens (including phenoxy) is 1. The summed E-state index contributed by atoms with van der Waals surface area (Å²) < 4.78 is 27.9. The van der Waals surface area contributed by atoms with Gasteiger partial charge in [-0.3, -0.25) is 4.79 Å². The van der Waals surface area contributed by atoms with Crippen LogP contribution in [0.5, 0.6) is 5.75 Å². The Morgan fingerprint density at radius 1 is 1.50 bits per heavy atom. The smallest absolute Gasteiger partial charge is 0.258 e. The Hall–Kier alpha value is -1.27. The minimum absolute atomic E-state index is 0.0127. The van der Waals surface area contributed by atoms with Crippen molar-refractivity contribution in [3.05, 3.63) is 28.8 Å². The van der Waals surface area contributed by atoms with Crippen LogP contribution in [0.3, 0.4) is 0 Å². The number of halogens is 1. The van der Waals surface area contributed by atoms with Crippen LogP contribution >= 0.6 is 11.6 Å². The minimum atomic E-state index is -2.99. The van der Waals surface area contributed by atoms with Crippen molar-refractivity contribution in [1.82, 2.24) is 5.32 Å². The summed E-state index contributed by atoms with van der Waals surface area (Å²) in [6.07, 6.45) is 0.466. The summed E-state index contributed by atoms with van der Waals surface area (Å²) >= 11 is 5.89. The molecule has 20 heavy (non-hydrogen) atoms. The Morgan fingerprint density at radius 3 is 2.85 bits per heavy atom. The molecule has 110 valence electrons. The molecule has 1 amide bonds. The predicted molar refractivity (Wildman–Crippen MR) is 76.9 cm³/mol. The fourth-order valence-corrected chi connectivity index (χ4v) is 3.82. The van der Waals surface area contributed by atoms with E-state index in [0.29, 0.717) is 17.2 Å². The first-order chi connectivity index (χ1) is 9.35. The Kier molecular flexibility index (Phi) is 4.55. The highest BCUT2D eigenvalue weighted by Crippen LogP contribution is 2.20. The van der Waals surface area contributed by atoms with E-state index in [0.717, 1.165) is 5.56 Å². The van der Waals surface area contributed by atoms with Gasteiger partial charge in [0.05, 0.1) is 11.5 Å². The van der Waals surface area contributed by atoms with Crippen LogP contribution in [0.4, 0.5) is 0 Å². The van der Waals surface area contributed by atoms with Crippen LogP contribution in [0, 0.1) is 6.92 Å². The molecule has 1 saturated heterocycles. The average molecular weight is 318 g/mol. The topological polar surface area (TPSA) is 72.5 Å². The second-order valence-corrected chi connectivity index (χ2v) is 7.50. The predicted octanol–water partition coefficient (Wildman–Crippen LogP) is 1.33. The second kappa shape index (κ2) is 6.01. The monoisotopic (exact) mass is 317 g/mol. The fraction of sp³-hybridized carbons (Fsp3) is 0.462. The lowest BCUT2D eigenvalue weighted by atomic mass is 10.2. The molecule has 2 rings (SSSR count). The number of rotatable bonds is 4. The quantitative estimate of drug-likeness (QED) is 0.909. The van der Waals surface area contributed by atoms with Crippen LogP contribution in [0.2, 0.25) is 5.02 Å². The van der Waals surface area contributed by atoms with Crippen LogP contribution in [0.15, 0.2) is 18.2 Å². The van der Waals surface area contributed by atoms with E-state index < -0.39 is 9.84 Å². The van der Waals surface area contributed by atoms with E-state index in [-0.39, 0.29) is 30.1 Å². The number of carbonyl (C=O) groups excluding carboxylic acids is 1. The summed E-state index contributed by atoms with van der Waals surface area (Å²) in [7, 11) is -2.99. The van der Waals surface area contributed by atoms with Gasteiger partial charge < -0.3 is 10.1 Å². The molecule has 1 aromatic rings. The van der Waals surface area contributed by atoms with Crippen LogP contribution < -0.4 is 10.1 Å². The van der Waals surface area contributed by atoms with E-state index in [1.54, 1.807) is 18.2 Å². The standard InChI is InChI=1S/C13H16ClNO4S/c1-9-6-11(2-3-12(9)14)19-7-13(16)15-10-4-5-20(17,18)8-10/h2-3,6,10H,4-5,7-8H2,1H3,(H,15,16). The number of sulfone groups is 1. The summed E-state index contributed by atoms with van der Waals surface area (Å²) in [6, 6.07) is 4.83. The van der Waals surface area contributed by atoms with Gasteiger partial charge in [0.15, 0.2) is 16.4 Å². The number of hydrogen-bond acceptors (Lipinski definition) is 4. The van der Waals surface area contributed by atoms with Gasteiger partial charge in [0.25, 0.3) is 5.91 Å². The Balaban J connectivity index is 1.82. The van der Waals surface area contributed by atoms with Crippen LogP contribution in [-0.4, -0.2) is 38.5 Å². The zero-order valence-electron chi connectivity index (χ0n) is 11.1. The number of amides is 1. The average Bonchev–Trinajstić information content (AvgIpc) is 2.70. The van der Waals surface area contributed by atoms with Gasteiger partial charge in [0.2, 0.25) is 0 Å². The van der Waals surface area contributed by atoms with E-state index >= 15 is 0 Å². The Labute approximate surface area is 123 Å². The molecule has 0 aliphatic carbocycles. The first-order valence-corrected chi connectivity index (χ1v) is 8.44. The largest absolute Gasteiger partial charge is 0.484 e. The molecule has 0 spiro atoms. The van der Waals surface area contributed by atoms with E-state index in [9.17, 15) is 13.2 Å². The molecule has 7 heteroatoms. The molecule has 1 heterocycles. The molecule has 5 nitrogen and oxygen atoms in total. The van der Waals surface area contributed by atoms with E-state index in [2.05, 4.69) is 5.32 Å². The number of hydrogen-bond donors (Lipinski definition) is 1. The molecule has 1 aliphatic heterocycles. The summed E-state index contributed by atoms with van der Waals surface area (Å²) in [5.74, 6) is 0.384. The van der Waals surface area contributed by atoms with Gasteiger partial charge in [-0.2, -0.15) is 0 Å². The molecular formula is C13H16ClNO4S.